The molecule has 3 aromatic rings. The van der Waals surface area contributed by atoms with E-state index in [0.29, 0.717) is 18.7 Å². The third-order valence-electron chi connectivity index (χ3n) is 7.36. The lowest BCUT2D eigenvalue weighted by Crippen LogP contribution is -2.52. The molecule has 0 saturated carbocycles. The Kier molecular flexibility index (Phi) is 11.1. The zero-order valence-electron chi connectivity index (χ0n) is 25.1. The van der Waals surface area contributed by atoms with Gasteiger partial charge in [-0.2, -0.15) is 0 Å². The van der Waals surface area contributed by atoms with Crippen LogP contribution in [0.5, 0.6) is 0 Å². The van der Waals surface area contributed by atoms with E-state index in [1.165, 1.54) is 4.90 Å². The molecule has 41 heavy (non-hydrogen) atoms. The van der Waals surface area contributed by atoms with Gasteiger partial charge in [0.25, 0.3) is 10.0 Å². The monoisotopic (exact) mass is 577 g/mol. The number of nitrogens with one attached hydrogen (secondary N) is 1. The van der Waals surface area contributed by atoms with Crippen LogP contribution in [0.2, 0.25) is 0 Å². The van der Waals surface area contributed by atoms with Crippen LogP contribution in [0.4, 0.5) is 5.69 Å². The molecule has 3 aromatic carbocycles. The first-order valence-electron chi connectivity index (χ1n) is 14.3. The number of nitrogens with zero attached hydrogens (tertiary/aromatic N) is 2. The standard InChI is InChI=1S/C33H43N3O4S/c1-7-9-20-34-33(38)31(8-2)35(22-28-15-10-24(3)11-16-28)32(37)23-36(29-17-14-26(5)27(6)21-29)41(39,40)30-18-12-25(4)13-19-30/h10-19,21,31H,7-9,20,22-23H2,1-6H3,(H,34,38)/t31-/m0/s1. The lowest BCUT2D eigenvalue weighted by Gasteiger charge is -2.33. The molecule has 1 N–H and O–H groups in total. The van der Waals surface area contributed by atoms with E-state index in [9.17, 15) is 18.0 Å². The van der Waals surface area contributed by atoms with Crippen molar-refractivity contribution >= 4 is 27.5 Å². The van der Waals surface area contributed by atoms with Gasteiger partial charge in [-0.15, -0.1) is 0 Å². The highest BCUT2D eigenvalue weighted by atomic mass is 32.2. The molecule has 8 heteroatoms. The van der Waals surface area contributed by atoms with E-state index in [0.717, 1.165) is 45.0 Å². The molecular weight excluding hydrogens is 534 g/mol. The second kappa shape index (κ2) is 14.3. The van der Waals surface area contributed by atoms with Crippen molar-refractivity contribution < 1.29 is 18.0 Å². The predicted octanol–water partition coefficient (Wildman–Crippen LogP) is 5.84. The van der Waals surface area contributed by atoms with E-state index in [1.807, 2.05) is 71.9 Å². The quantitative estimate of drug-likeness (QED) is 0.259. The second-order valence-corrected chi connectivity index (χ2v) is 12.5. The first-order valence-corrected chi connectivity index (χ1v) is 15.7. The Hall–Kier alpha value is -3.65. The molecule has 3 rings (SSSR count). The minimum Gasteiger partial charge on any atom is -0.354 e. The van der Waals surface area contributed by atoms with Gasteiger partial charge in [0.2, 0.25) is 11.8 Å². The molecule has 1 atom stereocenters. The second-order valence-electron chi connectivity index (χ2n) is 10.7. The zero-order chi connectivity index (χ0) is 30.2. The minimum atomic E-state index is -4.09. The third-order valence-corrected chi connectivity index (χ3v) is 9.14. The van der Waals surface area contributed by atoms with Gasteiger partial charge in [0.05, 0.1) is 10.6 Å². The molecule has 0 bridgehead atoms. The van der Waals surface area contributed by atoms with Crippen molar-refractivity contribution in [2.45, 2.75) is 78.3 Å². The van der Waals surface area contributed by atoms with Gasteiger partial charge in [-0.25, -0.2) is 8.42 Å². The van der Waals surface area contributed by atoms with Crippen LogP contribution in [-0.4, -0.2) is 44.3 Å². The molecule has 0 radical (unpaired) electrons. The zero-order valence-corrected chi connectivity index (χ0v) is 25.9. The van der Waals surface area contributed by atoms with Crippen LogP contribution in [0.3, 0.4) is 0 Å². The smallest absolute Gasteiger partial charge is 0.264 e. The molecule has 0 aromatic heterocycles. The Morgan fingerprint density at radius 2 is 1.44 bits per heavy atom. The summed E-state index contributed by atoms with van der Waals surface area (Å²) in [4.78, 5) is 29.1. The largest absolute Gasteiger partial charge is 0.354 e. The summed E-state index contributed by atoms with van der Waals surface area (Å²) >= 11 is 0. The summed E-state index contributed by atoms with van der Waals surface area (Å²) in [5.74, 6) is -0.683. The van der Waals surface area contributed by atoms with Crippen LogP contribution in [0, 0.1) is 27.7 Å². The number of aryl methyl sites for hydroxylation is 4. The number of sulfonamides is 1. The average Bonchev–Trinajstić information content (AvgIpc) is 2.94. The van der Waals surface area contributed by atoms with Gasteiger partial charge in [-0.1, -0.05) is 73.9 Å². The molecule has 0 aliphatic rings. The van der Waals surface area contributed by atoms with Gasteiger partial charge < -0.3 is 10.2 Å². The van der Waals surface area contributed by atoms with Crippen molar-refractivity contribution in [3.05, 3.63) is 94.5 Å². The number of hydrogen-bond donors (Lipinski definition) is 1. The Morgan fingerprint density at radius 3 is 2.00 bits per heavy atom. The molecule has 0 saturated heterocycles. The summed E-state index contributed by atoms with van der Waals surface area (Å²) in [6.07, 6.45) is 2.16. The summed E-state index contributed by atoms with van der Waals surface area (Å²) in [6, 6.07) is 19.0. The molecule has 0 fully saturated rings. The van der Waals surface area contributed by atoms with E-state index >= 15 is 0 Å². The van der Waals surface area contributed by atoms with Gasteiger partial charge >= 0.3 is 0 Å². The number of anilines is 1. The highest BCUT2D eigenvalue weighted by molar-refractivity contribution is 7.92. The molecular formula is C33H43N3O4S. The number of carbonyl (C=O) groups excluding carboxylic acids is 2. The van der Waals surface area contributed by atoms with Crippen LogP contribution >= 0.6 is 0 Å². The summed E-state index contributed by atoms with van der Waals surface area (Å²) in [5, 5.41) is 2.96. The van der Waals surface area contributed by atoms with E-state index in [1.54, 1.807) is 36.4 Å². The fraction of sp³-hybridized carbons (Fsp3) is 0.394. The summed E-state index contributed by atoms with van der Waals surface area (Å²) in [6.45, 7) is 11.9. The first kappa shape index (κ1) is 31.9. The van der Waals surface area contributed by atoms with E-state index in [4.69, 9.17) is 0 Å². The molecule has 0 spiro atoms. The van der Waals surface area contributed by atoms with Crippen LogP contribution in [0.1, 0.15) is 60.9 Å². The van der Waals surface area contributed by atoms with Crippen LogP contribution in [0.25, 0.3) is 0 Å². The maximum absolute atomic E-state index is 14.2. The maximum Gasteiger partial charge on any atom is 0.264 e. The lowest BCUT2D eigenvalue weighted by atomic mass is 10.1. The Labute approximate surface area is 245 Å². The summed E-state index contributed by atoms with van der Waals surface area (Å²) in [7, 11) is -4.09. The SMILES string of the molecule is CCCCNC(=O)[C@H](CC)N(Cc1ccc(C)cc1)C(=O)CN(c1ccc(C)c(C)c1)S(=O)(=O)c1ccc(C)cc1. The fourth-order valence-electron chi connectivity index (χ4n) is 4.56. The van der Waals surface area contributed by atoms with Crippen molar-refractivity contribution in [1.29, 1.82) is 0 Å². The van der Waals surface area contributed by atoms with Gasteiger partial charge in [-0.05, 0) is 81.5 Å². The number of unbranched alkanes of at least 4 members (excludes halogenated alkanes) is 1. The van der Waals surface area contributed by atoms with Crippen LogP contribution in [-0.2, 0) is 26.2 Å². The summed E-state index contributed by atoms with van der Waals surface area (Å²) in [5.41, 5.74) is 5.21. The van der Waals surface area contributed by atoms with Gasteiger partial charge in [0.1, 0.15) is 12.6 Å². The normalized spacial score (nSPS) is 12.0. The van der Waals surface area contributed by atoms with Crippen molar-refractivity contribution in [2.75, 3.05) is 17.4 Å². The van der Waals surface area contributed by atoms with Crippen molar-refractivity contribution in [1.82, 2.24) is 10.2 Å². The predicted molar refractivity (Wildman–Crippen MR) is 165 cm³/mol. The number of rotatable bonds is 13. The van der Waals surface area contributed by atoms with E-state index in [-0.39, 0.29) is 17.3 Å². The highest BCUT2D eigenvalue weighted by Gasteiger charge is 2.33. The highest BCUT2D eigenvalue weighted by Crippen LogP contribution is 2.27. The van der Waals surface area contributed by atoms with Crippen molar-refractivity contribution in [3.63, 3.8) is 0 Å². The van der Waals surface area contributed by atoms with Gasteiger partial charge in [0.15, 0.2) is 0 Å². The van der Waals surface area contributed by atoms with Gasteiger partial charge in [0, 0.05) is 13.1 Å². The van der Waals surface area contributed by atoms with Crippen LogP contribution in [0.15, 0.2) is 71.6 Å². The Morgan fingerprint density at radius 1 is 0.829 bits per heavy atom. The van der Waals surface area contributed by atoms with E-state index in [2.05, 4.69) is 5.32 Å². The number of carbonyl (C=O) groups is 2. The Balaban J connectivity index is 2.05. The maximum atomic E-state index is 14.2. The molecule has 220 valence electrons. The van der Waals surface area contributed by atoms with Crippen molar-refractivity contribution in [2.24, 2.45) is 0 Å². The average molecular weight is 578 g/mol. The third kappa shape index (κ3) is 8.19. The molecule has 0 aliphatic carbocycles. The lowest BCUT2D eigenvalue weighted by molar-refractivity contribution is -0.140. The number of amides is 2. The van der Waals surface area contributed by atoms with E-state index < -0.39 is 28.5 Å². The van der Waals surface area contributed by atoms with Gasteiger partial charge in [-0.3, -0.25) is 13.9 Å². The molecule has 0 aliphatic heterocycles. The molecule has 0 heterocycles. The van der Waals surface area contributed by atoms with Crippen LogP contribution < -0.4 is 9.62 Å². The molecule has 7 nitrogen and oxygen atoms in total. The Bertz CT molecular complexity index is 1430. The van der Waals surface area contributed by atoms with Crippen molar-refractivity contribution in [3.8, 4) is 0 Å². The first-order chi connectivity index (χ1) is 19.5. The number of hydrogen-bond acceptors (Lipinski definition) is 4. The number of benzene rings is 3. The summed E-state index contributed by atoms with van der Waals surface area (Å²) < 4.78 is 29.2. The molecule has 2 amide bonds. The molecule has 0 unspecified atom stereocenters. The fourth-order valence-corrected chi connectivity index (χ4v) is 5.97. The minimum absolute atomic E-state index is 0.101. The topological polar surface area (TPSA) is 86.8 Å².